The zero-order valence-corrected chi connectivity index (χ0v) is 12.4. The highest BCUT2D eigenvalue weighted by Crippen LogP contribution is 2.65. The molecule has 0 saturated heterocycles. The monoisotopic (exact) mass is 334 g/mol. The van der Waals surface area contributed by atoms with Crippen LogP contribution in [0.1, 0.15) is 35.2 Å². The van der Waals surface area contributed by atoms with E-state index in [1.807, 2.05) is 0 Å². The third-order valence-corrected chi connectivity index (χ3v) is 5.90. The maximum atomic E-state index is 13.7. The van der Waals surface area contributed by atoms with E-state index >= 15 is 0 Å². The van der Waals surface area contributed by atoms with Gasteiger partial charge in [-0.1, -0.05) is 6.07 Å². The average Bonchev–Trinajstić information content (AvgIpc) is 3.18. The lowest BCUT2D eigenvalue weighted by molar-refractivity contribution is -0.110. The Morgan fingerprint density at radius 3 is 2.88 bits per heavy atom. The minimum Gasteiger partial charge on any atom is -0.388 e. The van der Waals surface area contributed by atoms with Crippen LogP contribution in [0.5, 0.6) is 0 Å². The average molecular weight is 334 g/mol. The fraction of sp³-hybridized carbons (Fsp3) is 0.412. The van der Waals surface area contributed by atoms with Crippen molar-refractivity contribution in [1.29, 1.82) is 0 Å². The third-order valence-electron chi connectivity index (χ3n) is 5.90. The SMILES string of the molecule is O=C1c2c(ccc3[nH]ncc23)C2=C(C(F)(F)F)[C@H](O)[C@@H]3CCC12C3. The van der Waals surface area contributed by atoms with Crippen LogP contribution in [-0.2, 0) is 0 Å². The van der Waals surface area contributed by atoms with Crippen molar-refractivity contribution in [2.24, 2.45) is 11.3 Å². The molecule has 1 fully saturated rings. The second-order valence-electron chi connectivity index (χ2n) is 6.96. The van der Waals surface area contributed by atoms with Crippen LogP contribution >= 0.6 is 0 Å². The van der Waals surface area contributed by atoms with Gasteiger partial charge in [-0.05, 0) is 42.4 Å². The Balaban J connectivity index is 1.93. The Kier molecular flexibility index (Phi) is 2.42. The summed E-state index contributed by atoms with van der Waals surface area (Å²) in [7, 11) is 0. The number of allylic oxidation sites excluding steroid dienone is 1. The van der Waals surface area contributed by atoms with Gasteiger partial charge in [0, 0.05) is 10.9 Å². The van der Waals surface area contributed by atoms with Crippen molar-refractivity contribution in [1.82, 2.24) is 10.2 Å². The van der Waals surface area contributed by atoms with E-state index in [1.165, 1.54) is 6.20 Å². The maximum Gasteiger partial charge on any atom is 0.415 e. The third kappa shape index (κ3) is 1.45. The Labute approximate surface area is 134 Å². The molecule has 3 atom stereocenters. The molecule has 2 N–H and O–H groups in total. The molecule has 124 valence electrons. The summed E-state index contributed by atoms with van der Waals surface area (Å²) in [4.78, 5) is 13.2. The molecule has 0 radical (unpaired) electrons. The van der Waals surface area contributed by atoms with Gasteiger partial charge in [0.15, 0.2) is 5.78 Å². The quantitative estimate of drug-likeness (QED) is 0.777. The molecule has 24 heavy (non-hydrogen) atoms. The first-order valence-electron chi connectivity index (χ1n) is 7.86. The highest BCUT2D eigenvalue weighted by Gasteiger charge is 2.63. The molecule has 1 spiro atoms. The smallest absolute Gasteiger partial charge is 0.388 e. The molecule has 1 saturated carbocycles. The number of ketones is 1. The summed E-state index contributed by atoms with van der Waals surface area (Å²) in [6.07, 6.45) is -3.66. The van der Waals surface area contributed by atoms with Crippen LogP contribution in [0.3, 0.4) is 0 Å². The number of carbonyl (C=O) groups excluding carboxylic acids is 1. The number of aliphatic hydroxyl groups is 1. The molecule has 1 unspecified atom stereocenters. The summed E-state index contributed by atoms with van der Waals surface area (Å²) in [5.74, 6) is -0.765. The van der Waals surface area contributed by atoms with Crippen molar-refractivity contribution >= 4 is 22.3 Å². The van der Waals surface area contributed by atoms with Crippen LogP contribution in [-0.4, -0.2) is 33.4 Å². The number of hydrogen-bond acceptors (Lipinski definition) is 3. The summed E-state index contributed by atoms with van der Waals surface area (Å²) in [6, 6.07) is 3.19. The maximum absolute atomic E-state index is 13.7. The van der Waals surface area contributed by atoms with Gasteiger partial charge in [0.25, 0.3) is 0 Å². The molecule has 2 bridgehead atoms. The Morgan fingerprint density at radius 1 is 1.33 bits per heavy atom. The van der Waals surface area contributed by atoms with Crippen molar-refractivity contribution in [2.45, 2.75) is 31.5 Å². The number of Topliss-reactive ketones (excluding diaryl/α,β-unsaturated/α-hetero) is 1. The zero-order valence-electron chi connectivity index (χ0n) is 12.4. The van der Waals surface area contributed by atoms with Crippen molar-refractivity contribution in [3.05, 3.63) is 35.0 Å². The summed E-state index contributed by atoms with van der Waals surface area (Å²) in [5, 5.41) is 17.5. The first-order valence-corrected chi connectivity index (χ1v) is 7.86. The van der Waals surface area contributed by atoms with E-state index in [0.29, 0.717) is 34.9 Å². The number of H-pyrrole nitrogens is 1. The fourth-order valence-corrected chi connectivity index (χ4v) is 4.96. The van der Waals surface area contributed by atoms with Crippen LogP contribution in [0.15, 0.2) is 23.9 Å². The molecule has 1 aromatic carbocycles. The van der Waals surface area contributed by atoms with Crippen LogP contribution in [0.2, 0.25) is 0 Å². The Bertz CT molecular complexity index is 943. The number of halogens is 3. The lowest BCUT2D eigenvalue weighted by atomic mass is 9.70. The van der Waals surface area contributed by atoms with Gasteiger partial charge in [-0.15, -0.1) is 0 Å². The van der Waals surface area contributed by atoms with E-state index in [0.717, 1.165) is 0 Å². The number of carbonyl (C=O) groups is 1. The number of fused-ring (bicyclic) bond motifs is 5. The van der Waals surface area contributed by atoms with Gasteiger partial charge in [-0.2, -0.15) is 18.3 Å². The predicted octanol–water partition coefficient (Wildman–Crippen LogP) is 3.24. The summed E-state index contributed by atoms with van der Waals surface area (Å²) in [5.41, 5.74) is -0.817. The predicted molar refractivity (Wildman–Crippen MR) is 79.2 cm³/mol. The molecular weight excluding hydrogens is 321 g/mol. The molecule has 1 heterocycles. The molecule has 4 nitrogen and oxygen atoms in total. The first-order chi connectivity index (χ1) is 11.3. The van der Waals surface area contributed by atoms with Gasteiger partial charge in [-0.3, -0.25) is 9.89 Å². The Hall–Kier alpha value is -2.15. The second kappa shape index (κ2) is 4.08. The van der Waals surface area contributed by atoms with Crippen LogP contribution < -0.4 is 0 Å². The molecule has 3 aliphatic carbocycles. The van der Waals surface area contributed by atoms with E-state index in [1.54, 1.807) is 12.1 Å². The van der Waals surface area contributed by atoms with Crippen molar-refractivity contribution in [2.75, 3.05) is 0 Å². The van der Waals surface area contributed by atoms with Crippen LogP contribution in [0, 0.1) is 11.3 Å². The fourth-order valence-electron chi connectivity index (χ4n) is 4.96. The largest absolute Gasteiger partial charge is 0.415 e. The summed E-state index contributed by atoms with van der Waals surface area (Å²) < 4.78 is 41.2. The van der Waals surface area contributed by atoms with Gasteiger partial charge in [0.05, 0.1) is 28.8 Å². The number of benzene rings is 1. The van der Waals surface area contributed by atoms with E-state index < -0.39 is 29.2 Å². The molecule has 0 aliphatic heterocycles. The number of nitrogens with one attached hydrogen (secondary N) is 1. The topological polar surface area (TPSA) is 66.0 Å². The minimum atomic E-state index is -4.66. The van der Waals surface area contributed by atoms with E-state index in [-0.39, 0.29) is 17.8 Å². The molecule has 0 amide bonds. The van der Waals surface area contributed by atoms with Crippen LogP contribution in [0.25, 0.3) is 16.5 Å². The van der Waals surface area contributed by atoms with Gasteiger partial charge in [-0.25, -0.2) is 0 Å². The molecule has 1 aromatic heterocycles. The van der Waals surface area contributed by atoms with Gasteiger partial charge in [0.1, 0.15) is 0 Å². The first kappa shape index (κ1) is 14.2. The number of alkyl halides is 3. The lowest BCUT2D eigenvalue weighted by Crippen LogP contribution is -2.38. The van der Waals surface area contributed by atoms with Gasteiger partial charge >= 0.3 is 6.18 Å². The molecule has 2 aromatic rings. The van der Waals surface area contributed by atoms with E-state index in [9.17, 15) is 23.1 Å². The molecule has 7 heteroatoms. The number of aliphatic hydroxyl groups excluding tert-OH is 1. The van der Waals surface area contributed by atoms with Crippen molar-refractivity contribution in [3.63, 3.8) is 0 Å². The number of rotatable bonds is 0. The van der Waals surface area contributed by atoms with E-state index in [2.05, 4.69) is 10.2 Å². The lowest BCUT2D eigenvalue weighted by Gasteiger charge is -2.35. The number of aromatic nitrogens is 2. The standard InChI is InChI=1S/C17H13F3N2O2/c18-17(19,20)13-12-8-1-2-10-9(6-21-22-10)11(8)15(24)16(12)4-3-7(5-16)14(13)23/h1-2,6-7,14,23H,3-5H2,(H,21,22)/t7-,14-,16?/m1/s1. The van der Waals surface area contributed by atoms with Crippen molar-refractivity contribution in [3.8, 4) is 0 Å². The normalized spacial score (nSPS) is 31.8. The minimum absolute atomic E-state index is 0.000602. The molecular formula is C17H13F3N2O2. The second-order valence-corrected chi connectivity index (χ2v) is 6.96. The molecule has 5 rings (SSSR count). The van der Waals surface area contributed by atoms with Crippen molar-refractivity contribution < 1.29 is 23.1 Å². The van der Waals surface area contributed by atoms with E-state index in [4.69, 9.17) is 0 Å². The summed E-state index contributed by atoms with van der Waals surface area (Å²) in [6.45, 7) is 0. The zero-order chi connectivity index (χ0) is 16.9. The summed E-state index contributed by atoms with van der Waals surface area (Å²) >= 11 is 0. The van der Waals surface area contributed by atoms with Crippen LogP contribution in [0.4, 0.5) is 13.2 Å². The molecule has 3 aliphatic rings. The highest BCUT2D eigenvalue weighted by molar-refractivity contribution is 6.23. The number of nitrogens with zero attached hydrogens (tertiary/aromatic N) is 1. The van der Waals surface area contributed by atoms with Gasteiger partial charge < -0.3 is 5.11 Å². The number of aromatic amines is 1. The highest BCUT2D eigenvalue weighted by atomic mass is 19.4. The Morgan fingerprint density at radius 2 is 2.12 bits per heavy atom. The van der Waals surface area contributed by atoms with Gasteiger partial charge in [0.2, 0.25) is 0 Å². The number of hydrogen-bond donors (Lipinski definition) is 2.